The molecule has 0 atom stereocenters. The number of piperazine rings is 1. The number of hydrogen-bond acceptors (Lipinski definition) is 6. The second kappa shape index (κ2) is 7.26. The molecule has 21 heavy (non-hydrogen) atoms. The monoisotopic (exact) mass is 293 g/mol. The van der Waals surface area contributed by atoms with E-state index < -0.39 is 4.92 Å². The second-order valence-electron chi connectivity index (χ2n) is 5.07. The fourth-order valence-corrected chi connectivity index (χ4v) is 2.40. The van der Waals surface area contributed by atoms with Crippen molar-refractivity contribution in [1.29, 1.82) is 0 Å². The number of aliphatic hydroxyl groups excluding tert-OH is 1. The lowest BCUT2D eigenvalue weighted by atomic mass is 10.1. The van der Waals surface area contributed by atoms with E-state index in [1.807, 2.05) is 4.90 Å². The van der Waals surface area contributed by atoms with Crippen LogP contribution in [0.15, 0.2) is 24.3 Å². The Kier molecular flexibility index (Phi) is 5.38. The highest BCUT2D eigenvalue weighted by atomic mass is 16.6. The fraction of sp³-hybridized carbons (Fsp3) is 0.500. The van der Waals surface area contributed by atoms with Crippen LogP contribution in [0.2, 0.25) is 0 Å². The molecule has 0 spiro atoms. The van der Waals surface area contributed by atoms with Crippen LogP contribution < -0.4 is 0 Å². The molecule has 1 saturated heterocycles. The number of non-ortho nitro benzene ring substituents is 1. The lowest BCUT2D eigenvalue weighted by Crippen LogP contribution is -2.48. The topological polar surface area (TPSA) is 86.9 Å². The molecule has 0 saturated carbocycles. The first kappa shape index (κ1) is 15.6. The van der Waals surface area contributed by atoms with Gasteiger partial charge in [0.25, 0.3) is 5.69 Å². The number of aliphatic hydroxyl groups is 1. The van der Waals surface area contributed by atoms with Crippen molar-refractivity contribution in [1.82, 2.24) is 9.80 Å². The average Bonchev–Trinajstić information content (AvgIpc) is 2.49. The highest BCUT2D eigenvalue weighted by molar-refractivity contribution is 5.98. The van der Waals surface area contributed by atoms with Crippen LogP contribution in [0.3, 0.4) is 0 Å². The summed E-state index contributed by atoms with van der Waals surface area (Å²) in [6.45, 7) is 4.25. The molecule has 1 heterocycles. The molecular weight excluding hydrogens is 274 g/mol. The van der Waals surface area contributed by atoms with E-state index in [9.17, 15) is 14.9 Å². The maximum Gasteiger partial charge on any atom is 0.270 e. The van der Waals surface area contributed by atoms with Crippen LogP contribution in [-0.2, 0) is 0 Å². The molecule has 1 N–H and O–H groups in total. The van der Waals surface area contributed by atoms with Crippen molar-refractivity contribution in [2.24, 2.45) is 0 Å². The van der Waals surface area contributed by atoms with Crippen molar-refractivity contribution in [3.05, 3.63) is 39.9 Å². The zero-order chi connectivity index (χ0) is 15.2. The minimum atomic E-state index is -0.496. The zero-order valence-corrected chi connectivity index (χ0v) is 11.8. The number of nitro benzene ring substituents is 1. The molecule has 1 aromatic rings. The third kappa shape index (κ3) is 4.32. The summed E-state index contributed by atoms with van der Waals surface area (Å²) in [6, 6.07) is 5.84. The number of ketones is 1. The van der Waals surface area contributed by atoms with Crippen LogP contribution in [0.5, 0.6) is 0 Å². The summed E-state index contributed by atoms with van der Waals surface area (Å²) >= 11 is 0. The molecule has 0 unspecified atom stereocenters. The molecule has 1 aliphatic rings. The van der Waals surface area contributed by atoms with Gasteiger partial charge in [0.1, 0.15) is 0 Å². The lowest BCUT2D eigenvalue weighted by molar-refractivity contribution is -0.384. The number of carbonyl (C=O) groups is 1. The summed E-state index contributed by atoms with van der Waals surface area (Å²) in [5.41, 5.74) is 0.315. The fourth-order valence-electron chi connectivity index (χ4n) is 2.40. The van der Waals surface area contributed by atoms with Crippen LogP contribution >= 0.6 is 0 Å². The van der Waals surface area contributed by atoms with Crippen LogP contribution in [0.4, 0.5) is 5.69 Å². The Balaban J connectivity index is 1.90. The van der Waals surface area contributed by atoms with Gasteiger partial charge in [0.2, 0.25) is 0 Å². The third-order valence-electron chi connectivity index (χ3n) is 3.63. The van der Waals surface area contributed by atoms with Gasteiger partial charge in [0.05, 0.1) is 18.1 Å². The van der Waals surface area contributed by atoms with Crippen molar-refractivity contribution < 1.29 is 14.8 Å². The van der Waals surface area contributed by atoms with E-state index in [0.29, 0.717) is 12.1 Å². The van der Waals surface area contributed by atoms with Gasteiger partial charge in [0.15, 0.2) is 5.78 Å². The van der Waals surface area contributed by atoms with E-state index in [1.165, 1.54) is 18.2 Å². The third-order valence-corrected chi connectivity index (χ3v) is 3.63. The molecular formula is C14H19N3O4. The van der Waals surface area contributed by atoms with Crippen molar-refractivity contribution in [2.75, 3.05) is 45.9 Å². The van der Waals surface area contributed by atoms with Crippen LogP contribution in [0, 0.1) is 10.1 Å². The van der Waals surface area contributed by atoms with Gasteiger partial charge in [-0.1, -0.05) is 12.1 Å². The largest absolute Gasteiger partial charge is 0.395 e. The Bertz CT molecular complexity index is 513. The van der Waals surface area contributed by atoms with E-state index in [0.717, 1.165) is 26.2 Å². The normalized spacial score (nSPS) is 16.8. The minimum absolute atomic E-state index is 0.0615. The number of nitro groups is 1. The van der Waals surface area contributed by atoms with Gasteiger partial charge < -0.3 is 5.11 Å². The number of β-amino-alcohol motifs (C(OH)–C–C–N with tert-alkyl or cyclic N) is 1. The minimum Gasteiger partial charge on any atom is -0.395 e. The smallest absolute Gasteiger partial charge is 0.270 e. The summed E-state index contributed by atoms with van der Waals surface area (Å²) in [6.07, 6.45) is 0. The summed E-state index contributed by atoms with van der Waals surface area (Å²) in [7, 11) is 0. The van der Waals surface area contributed by atoms with Crippen molar-refractivity contribution in [3.8, 4) is 0 Å². The van der Waals surface area contributed by atoms with Crippen LogP contribution in [0.1, 0.15) is 10.4 Å². The van der Waals surface area contributed by atoms with Gasteiger partial charge in [-0.25, -0.2) is 0 Å². The number of rotatable bonds is 6. The molecule has 2 rings (SSSR count). The predicted molar refractivity (Wildman–Crippen MR) is 77.4 cm³/mol. The molecule has 1 aromatic carbocycles. The SMILES string of the molecule is O=C(CN1CCN(CCO)CC1)c1cccc([N+](=O)[O-])c1. The van der Waals surface area contributed by atoms with Crippen molar-refractivity contribution >= 4 is 11.5 Å². The molecule has 0 bridgehead atoms. The van der Waals surface area contributed by atoms with E-state index in [-0.39, 0.29) is 24.6 Å². The summed E-state index contributed by atoms with van der Waals surface area (Å²) in [4.78, 5) is 26.6. The Morgan fingerprint density at radius 1 is 1.24 bits per heavy atom. The summed E-state index contributed by atoms with van der Waals surface area (Å²) in [5, 5.41) is 19.6. The van der Waals surface area contributed by atoms with E-state index in [4.69, 9.17) is 5.11 Å². The quantitative estimate of drug-likeness (QED) is 0.464. The molecule has 7 nitrogen and oxygen atoms in total. The molecule has 1 fully saturated rings. The van der Waals surface area contributed by atoms with Gasteiger partial charge in [0, 0.05) is 50.4 Å². The first-order chi connectivity index (χ1) is 10.1. The zero-order valence-electron chi connectivity index (χ0n) is 11.8. The van der Waals surface area contributed by atoms with Crippen LogP contribution in [0.25, 0.3) is 0 Å². The van der Waals surface area contributed by atoms with E-state index in [1.54, 1.807) is 6.07 Å². The first-order valence-corrected chi connectivity index (χ1v) is 6.93. The van der Waals surface area contributed by atoms with Gasteiger partial charge in [-0.2, -0.15) is 0 Å². The predicted octanol–water partition coefficient (Wildman–Crippen LogP) is 0.387. The maximum absolute atomic E-state index is 12.2. The Morgan fingerprint density at radius 2 is 1.90 bits per heavy atom. The standard InChI is InChI=1S/C14H19N3O4/c18-9-8-15-4-6-16(7-5-15)11-14(19)12-2-1-3-13(10-12)17(20)21/h1-3,10,18H,4-9,11H2. The molecule has 1 aliphatic heterocycles. The van der Waals surface area contributed by atoms with Gasteiger partial charge >= 0.3 is 0 Å². The highest BCUT2D eigenvalue weighted by Crippen LogP contribution is 2.14. The number of benzene rings is 1. The molecule has 0 radical (unpaired) electrons. The highest BCUT2D eigenvalue weighted by Gasteiger charge is 2.20. The number of hydrogen-bond donors (Lipinski definition) is 1. The molecule has 0 aromatic heterocycles. The van der Waals surface area contributed by atoms with Gasteiger partial charge in [-0.05, 0) is 0 Å². The molecule has 0 aliphatic carbocycles. The lowest BCUT2D eigenvalue weighted by Gasteiger charge is -2.33. The molecule has 0 amide bonds. The van der Waals surface area contributed by atoms with Gasteiger partial charge in [-0.3, -0.25) is 24.7 Å². The van der Waals surface area contributed by atoms with E-state index in [2.05, 4.69) is 4.90 Å². The van der Waals surface area contributed by atoms with Crippen LogP contribution in [-0.4, -0.2) is 71.5 Å². The first-order valence-electron chi connectivity index (χ1n) is 6.93. The van der Waals surface area contributed by atoms with Gasteiger partial charge in [-0.15, -0.1) is 0 Å². The maximum atomic E-state index is 12.2. The van der Waals surface area contributed by atoms with Crippen molar-refractivity contribution in [2.45, 2.75) is 0 Å². The van der Waals surface area contributed by atoms with Crippen molar-refractivity contribution in [3.63, 3.8) is 0 Å². The Labute approximate surface area is 122 Å². The van der Waals surface area contributed by atoms with E-state index >= 15 is 0 Å². The number of carbonyl (C=O) groups excluding carboxylic acids is 1. The number of nitrogens with zero attached hydrogens (tertiary/aromatic N) is 3. The summed E-state index contributed by atoms with van der Waals surface area (Å²) < 4.78 is 0. The Hall–Kier alpha value is -1.83. The summed E-state index contributed by atoms with van der Waals surface area (Å²) in [5.74, 6) is -0.102. The Morgan fingerprint density at radius 3 is 2.52 bits per heavy atom. The molecule has 114 valence electrons. The second-order valence-corrected chi connectivity index (χ2v) is 5.07. The average molecular weight is 293 g/mol. The molecule has 7 heteroatoms. The number of Topliss-reactive ketones (excluding diaryl/α,β-unsaturated/α-hetero) is 1.